The summed E-state index contributed by atoms with van der Waals surface area (Å²) in [6, 6.07) is 7.84. The van der Waals surface area contributed by atoms with E-state index in [1.54, 1.807) is 11.9 Å². The van der Waals surface area contributed by atoms with Crippen molar-refractivity contribution in [3.05, 3.63) is 29.8 Å². The maximum Gasteiger partial charge on any atom is 0.248 e. The second kappa shape index (κ2) is 7.79. The van der Waals surface area contributed by atoms with Gasteiger partial charge in [-0.2, -0.15) is 0 Å². The van der Waals surface area contributed by atoms with E-state index in [0.29, 0.717) is 13.2 Å². The van der Waals surface area contributed by atoms with E-state index < -0.39 is 0 Å². The Bertz CT molecular complexity index is 404. The Morgan fingerprint density at radius 3 is 2.63 bits per heavy atom. The molecule has 0 aliphatic carbocycles. The van der Waals surface area contributed by atoms with E-state index in [0.717, 1.165) is 11.3 Å². The van der Waals surface area contributed by atoms with Crippen LogP contribution < -0.4 is 4.74 Å². The fraction of sp³-hybridized carbons (Fsp3) is 0.533. The molecule has 1 amide bonds. The third-order valence-corrected chi connectivity index (χ3v) is 2.74. The number of para-hydroxylation sites is 1. The molecule has 0 heterocycles. The van der Waals surface area contributed by atoms with Crippen LogP contribution in [0, 0.1) is 6.92 Å². The molecular weight excluding hydrogens is 242 g/mol. The summed E-state index contributed by atoms with van der Waals surface area (Å²) >= 11 is 0. The summed E-state index contributed by atoms with van der Waals surface area (Å²) < 4.78 is 10.9. The predicted octanol–water partition coefficient (Wildman–Crippen LogP) is 2.26. The van der Waals surface area contributed by atoms with Crippen molar-refractivity contribution in [2.24, 2.45) is 0 Å². The second-order valence-electron chi connectivity index (χ2n) is 4.79. The van der Waals surface area contributed by atoms with Gasteiger partial charge in [0.2, 0.25) is 5.91 Å². The second-order valence-corrected chi connectivity index (χ2v) is 4.79. The Kier molecular flexibility index (Phi) is 6.36. The molecule has 0 fully saturated rings. The summed E-state index contributed by atoms with van der Waals surface area (Å²) in [6.07, 6.45) is 0.0700. The summed E-state index contributed by atoms with van der Waals surface area (Å²) in [6.45, 7) is 6.98. The number of hydrogen-bond donors (Lipinski definition) is 0. The van der Waals surface area contributed by atoms with Crippen LogP contribution in [0.2, 0.25) is 0 Å². The van der Waals surface area contributed by atoms with Gasteiger partial charge in [0.1, 0.15) is 19.0 Å². The molecule has 0 radical (unpaired) electrons. The quantitative estimate of drug-likeness (QED) is 0.759. The number of benzene rings is 1. The van der Waals surface area contributed by atoms with Crippen molar-refractivity contribution in [2.45, 2.75) is 26.9 Å². The van der Waals surface area contributed by atoms with E-state index in [1.165, 1.54) is 0 Å². The smallest absolute Gasteiger partial charge is 0.248 e. The minimum absolute atomic E-state index is 0.0258. The van der Waals surface area contributed by atoms with E-state index in [2.05, 4.69) is 0 Å². The molecule has 0 saturated heterocycles. The zero-order valence-corrected chi connectivity index (χ0v) is 12.2. The lowest BCUT2D eigenvalue weighted by atomic mass is 10.2. The van der Waals surface area contributed by atoms with Crippen LogP contribution in [0.4, 0.5) is 0 Å². The highest BCUT2D eigenvalue weighted by molar-refractivity contribution is 5.77. The standard InChI is InChI=1S/C15H23NO3/c1-12(2)19-11-15(17)16(4)9-10-18-14-8-6-5-7-13(14)3/h5-8,12H,9-11H2,1-4H3. The third kappa shape index (κ3) is 5.75. The van der Waals surface area contributed by atoms with Crippen LogP contribution in [-0.2, 0) is 9.53 Å². The molecule has 0 spiro atoms. The summed E-state index contributed by atoms with van der Waals surface area (Å²) in [4.78, 5) is 13.3. The fourth-order valence-corrected chi connectivity index (χ4v) is 1.48. The molecule has 0 saturated carbocycles. The first kappa shape index (κ1) is 15.5. The average molecular weight is 265 g/mol. The van der Waals surface area contributed by atoms with Gasteiger partial charge in [-0.1, -0.05) is 18.2 Å². The van der Waals surface area contributed by atoms with Gasteiger partial charge >= 0.3 is 0 Å². The minimum Gasteiger partial charge on any atom is -0.491 e. The Labute approximate surface area is 115 Å². The lowest BCUT2D eigenvalue weighted by Gasteiger charge is -2.18. The highest BCUT2D eigenvalue weighted by Crippen LogP contribution is 2.15. The zero-order chi connectivity index (χ0) is 14.3. The van der Waals surface area contributed by atoms with Crippen LogP contribution in [0.5, 0.6) is 5.75 Å². The number of hydrogen-bond acceptors (Lipinski definition) is 3. The third-order valence-electron chi connectivity index (χ3n) is 2.74. The first-order valence-electron chi connectivity index (χ1n) is 6.54. The van der Waals surface area contributed by atoms with E-state index in [-0.39, 0.29) is 18.6 Å². The van der Waals surface area contributed by atoms with Crippen LogP contribution >= 0.6 is 0 Å². The number of rotatable bonds is 7. The maximum absolute atomic E-state index is 11.7. The van der Waals surface area contributed by atoms with Crippen LogP contribution in [0.1, 0.15) is 19.4 Å². The zero-order valence-electron chi connectivity index (χ0n) is 12.2. The summed E-state index contributed by atoms with van der Waals surface area (Å²) in [5.74, 6) is 0.837. The number of aryl methyl sites for hydroxylation is 1. The molecule has 0 aromatic heterocycles. The van der Waals surface area contributed by atoms with Crippen molar-refractivity contribution >= 4 is 5.91 Å². The molecule has 0 atom stereocenters. The SMILES string of the molecule is Cc1ccccc1OCCN(C)C(=O)COC(C)C. The van der Waals surface area contributed by atoms with Crippen LogP contribution in [-0.4, -0.2) is 43.7 Å². The van der Waals surface area contributed by atoms with E-state index >= 15 is 0 Å². The van der Waals surface area contributed by atoms with Crippen molar-refractivity contribution in [2.75, 3.05) is 26.8 Å². The average Bonchev–Trinajstić information content (AvgIpc) is 2.38. The topological polar surface area (TPSA) is 38.8 Å². The molecule has 0 N–H and O–H groups in total. The Hall–Kier alpha value is -1.55. The van der Waals surface area contributed by atoms with Gasteiger partial charge in [0, 0.05) is 7.05 Å². The molecule has 106 valence electrons. The first-order chi connectivity index (χ1) is 9.00. The Morgan fingerprint density at radius 1 is 1.32 bits per heavy atom. The normalized spacial score (nSPS) is 10.6. The molecule has 4 nitrogen and oxygen atoms in total. The van der Waals surface area contributed by atoms with Gasteiger partial charge in [-0.25, -0.2) is 0 Å². The van der Waals surface area contributed by atoms with Crippen molar-refractivity contribution in [1.82, 2.24) is 4.90 Å². The maximum atomic E-state index is 11.7. The molecule has 0 aliphatic rings. The minimum atomic E-state index is -0.0258. The molecule has 4 heteroatoms. The van der Waals surface area contributed by atoms with E-state index in [1.807, 2.05) is 45.0 Å². The molecule has 1 rings (SSSR count). The molecule has 19 heavy (non-hydrogen) atoms. The van der Waals surface area contributed by atoms with Gasteiger partial charge in [-0.15, -0.1) is 0 Å². The summed E-state index contributed by atoms with van der Waals surface area (Å²) in [7, 11) is 1.76. The highest BCUT2D eigenvalue weighted by atomic mass is 16.5. The monoisotopic (exact) mass is 265 g/mol. The van der Waals surface area contributed by atoms with Crippen LogP contribution in [0.25, 0.3) is 0 Å². The predicted molar refractivity (Wildman–Crippen MR) is 75.4 cm³/mol. The lowest BCUT2D eigenvalue weighted by molar-refractivity contribution is -0.136. The van der Waals surface area contributed by atoms with Crippen molar-refractivity contribution in [1.29, 1.82) is 0 Å². The molecule has 1 aromatic carbocycles. The lowest BCUT2D eigenvalue weighted by Crippen LogP contribution is -2.34. The number of carbonyl (C=O) groups is 1. The number of carbonyl (C=O) groups excluding carboxylic acids is 1. The summed E-state index contributed by atoms with van der Waals surface area (Å²) in [5, 5.41) is 0. The first-order valence-corrected chi connectivity index (χ1v) is 6.54. The molecule has 0 aliphatic heterocycles. The van der Waals surface area contributed by atoms with Gasteiger partial charge in [-0.05, 0) is 32.4 Å². The molecular formula is C15H23NO3. The van der Waals surface area contributed by atoms with Gasteiger partial charge in [0.15, 0.2) is 0 Å². The number of amides is 1. The number of likely N-dealkylation sites (N-methyl/N-ethyl adjacent to an activating group) is 1. The van der Waals surface area contributed by atoms with Crippen LogP contribution in [0.3, 0.4) is 0 Å². The fourth-order valence-electron chi connectivity index (χ4n) is 1.48. The van der Waals surface area contributed by atoms with Crippen LogP contribution in [0.15, 0.2) is 24.3 Å². The highest BCUT2D eigenvalue weighted by Gasteiger charge is 2.09. The largest absolute Gasteiger partial charge is 0.491 e. The van der Waals surface area contributed by atoms with Crippen molar-refractivity contribution in [3.8, 4) is 5.75 Å². The van der Waals surface area contributed by atoms with Crippen molar-refractivity contribution < 1.29 is 14.3 Å². The molecule has 0 unspecified atom stereocenters. The van der Waals surface area contributed by atoms with E-state index in [4.69, 9.17) is 9.47 Å². The Balaban J connectivity index is 2.29. The van der Waals surface area contributed by atoms with Gasteiger partial charge in [-0.3, -0.25) is 4.79 Å². The Morgan fingerprint density at radius 2 is 2.00 bits per heavy atom. The van der Waals surface area contributed by atoms with E-state index in [9.17, 15) is 4.79 Å². The molecule has 0 bridgehead atoms. The molecule has 1 aromatic rings. The van der Waals surface area contributed by atoms with Gasteiger partial charge < -0.3 is 14.4 Å². The van der Waals surface area contributed by atoms with Crippen molar-refractivity contribution in [3.63, 3.8) is 0 Å². The number of ether oxygens (including phenoxy) is 2. The number of nitrogens with zero attached hydrogens (tertiary/aromatic N) is 1. The van der Waals surface area contributed by atoms with Gasteiger partial charge in [0.25, 0.3) is 0 Å². The van der Waals surface area contributed by atoms with Gasteiger partial charge in [0.05, 0.1) is 12.6 Å². The summed E-state index contributed by atoms with van der Waals surface area (Å²) in [5.41, 5.74) is 1.10.